The minimum atomic E-state index is -0.522. The summed E-state index contributed by atoms with van der Waals surface area (Å²) in [7, 11) is 0. The molecule has 3 N–H and O–H groups in total. The molecule has 32 heavy (non-hydrogen) atoms. The molecular formula is C25H38N3O4. The summed E-state index contributed by atoms with van der Waals surface area (Å²) < 4.78 is 0. The van der Waals surface area contributed by atoms with Crippen molar-refractivity contribution < 1.29 is 19.9 Å². The van der Waals surface area contributed by atoms with Gasteiger partial charge in [-0.1, -0.05) is 19.1 Å². The molecule has 3 rings (SSSR count). The molecule has 0 bridgehead atoms. The average molecular weight is 445 g/mol. The molecule has 1 aromatic carbocycles. The van der Waals surface area contributed by atoms with E-state index in [1.807, 2.05) is 46.8 Å². The molecule has 7 nitrogen and oxygen atoms in total. The fourth-order valence-corrected chi connectivity index (χ4v) is 5.62. The van der Waals surface area contributed by atoms with Crippen LogP contribution in [0, 0.1) is 17.8 Å². The summed E-state index contributed by atoms with van der Waals surface area (Å²) >= 11 is 0. The number of hydrogen-bond donors (Lipinski definition) is 3. The Balaban J connectivity index is 1.61. The van der Waals surface area contributed by atoms with Crippen LogP contribution in [0.4, 0.5) is 0 Å². The summed E-state index contributed by atoms with van der Waals surface area (Å²) in [4.78, 5) is 24.9. The lowest BCUT2D eigenvalue weighted by molar-refractivity contribution is -0.290. The number of rotatable bonds is 7. The van der Waals surface area contributed by atoms with Crippen molar-refractivity contribution in [2.45, 2.75) is 90.4 Å². The second-order valence-electron chi connectivity index (χ2n) is 11.1. The van der Waals surface area contributed by atoms with E-state index in [-0.39, 0.29) is 47.4 Å². The van der Waals surface area contributed by atoms with Gasteiger partial charge in [0.25, 0.3) is 0 Å². The van der Waals surface area contributed by atoms with Crippen molar-refractivity contribution in [3.8, 4) is 5.75 Å². The smallest absolute Gasteiger partial charge is 0.223 e. The van der Waals surface area contributed by atoms with Crippen LogP contribution in [0.25, 0.3) is 0 Å². The summed E-state index contributed by atoms with van der Waals surface area (Å²) in [6.45, 7) is 11.2. The first-order valence-corrected chi connectivity index (χ1v) is 11.6. The lowest BCUT2D eigenvalue weighted by atomic mass is 9.78. The van der Waals surface area contributed by atoms with Gasteiger partial charge in [0.15, 0.2) is 0 Å². The third-order valence-corrected chi connectivity index (χ3v) is 7.18. The topological polar surface area (TPSA) is 102 Å². The summed E-state index contributed by atoms with van der Waals surface area (Å²) in [5, 5.41) is 29.5. The number of benzene rings is 1. The lowest BCUT2D eigenvalue weighted by Crippen LogP contribution is -2.62. The zero-order valence-electron chi connectivity index (χ0n) is 20.1. The maximum Gasteiger partial charge on any atom is 0.223 e. The van der Waals surface area contributed by atoms with Crippen molar-refractivity contribution in [3.63, 3.8) is 0 Å². The van der Waals surface area contributed by atoms with Crippen LogP contribution in [0.1, 0.15) is 66.4 Å². The van der Waals surface area contributed by atoms with Gasteiger partial charge in [-0.25, -0.2) is 0 Å². The Morgan fingerprint density at radius 1 is 1.09 bits per heavy atom. The van der Waals surface area contributed by atoms with Crippen molar-refractivity contribution in [1.82, 2.24) is 15.7 Å². The molecule has 0 spiro atoms. The number of piperidine rings is 1. The monoisotopic (exact) mass is 444 g/mol. The molecule has 1 aromatic rings. The first-order chi connectivity index (χ1) is 14.8. The van der Waals surface area contributed by atoms with Crippen LogP contribution >= 0.6 is 0 Å². The fourth-order valence-electron chi connectivity index (χ4n) is 5.62. The van der Waals surface area contributed by atoms with Crippen LogP contribution in [-0.2, 0) is 21.2 Å². The number of phenols is 1. The van der Waals surface area contributed by atoms with Crippen molar-refractivity contribution in [2.75, 3.05) is 0 Å². The van der Waals surface area contributed by atoms with Crippen LogP contribution < -0.4 is 10.6 Å². The van der Waals surface area contributed by atoms with Crippen molar-refractivity contribution in [1.29, 1.82) is 0 Å². The van der Waals surface area contributed by atoms with E-state index in [9.17, 15) is 19.9 Å². The van der Waals surface area contributed by atoms with E-state index in [1.54, 1.807) is 12.1 Å². The first kappa shape index (κ1) is 24.5. The quantitative estimate of drug-likeness (QED) is 0.601. The standard InChI is InChI=1S/C25H38N3O4/c1-15(23(31)27-18-13-24(3,4)28(32)25(5,6)14-18)20-12-21(20)22(26-16(2)29)11-17-7-9-19(30)10-8-17/h7-10,15,18,20-22,30H,11-14H2,1-6H3,(H,26,29)(H,27,31)/t15-,20-,21-,22-/m0/s1. The van der Waals surface area contributed by atoms with Gasteiger partial charge in [-0.3, -0.25) is 9.59 Å². The van der Waals surface area contributed by atoms with Crippen molar-refractivity contribution in [2.24, 2.45) is 17.8 Å². The number of aromatic hydroxyl groups is 1. The first-order valence-electron chi connectivity index (χ1n) is 11.6. The summed E-state index contributed by atoms with van der Waals surface area (Å²) in [6.07, 6.45) is 2.82. The second kappa shape index (κ2) is 9.02. The number of carbonyl (C=O) groups is 2. The minimum Gasteiger partial charge on any atom is -0.508 e. The Bertz CT molecular complexity index is 818. The molecule has 1 aliphatic heterocycles. The maximum atomic E-state index is 13.1. The van der Waals surface area contributed by atoms with Crippen LogP contribution in [0.3, 0.4) is 0 Å². The average Bonchev–Trinajstić information content (AvgIpc) is 3.46. The van der Waals surface area contributed by atoms with Gasteiger partial charge in [0.05, 0.1) is 0 Å². The van der Waals surface area contributed by atoms with Crippen LogP contribution in [-0.4, -0.2) is 45.1 Å². The molecule has 7 heteroatoms. The van der Waals surface area contributed by atoms with Crippen LogP contribution in [0.2, 0.25) is 0 Å². The summed E-state index contributed by atoms with van der Waals surface area (Å²) in [5.74, 6) is 0.459. The largest absolute Gasteiger partial charge is 0.508 e. The molecule has 0 unspecified atom stereocenters. The molecule has 1 heterocycles. The van der Waals surface area contributed by atoms with Gasteiger partial charge in [0.1, 0.15) is 5.75 Å². The van der Waals surface area contributed by atoms with Gasteiger partial charge < -0.3 is 15.7 Å². The van der Waals surface area contributed by atoms with Crippen LogP contribution in [0.5, 0.6) is 5.75 Å². The van der Waals surface area contributed by atoms with E-state index in [2.05, 4.69) is 10.6 Å². The molecule has 2 aliphatic rings. The van der Waals surface area contributed by atoms with E-state index < -0.39 is 11.1 Å². The number of carbonyl (C=O) groups excluding carboxylic acids is 2. The molecule has 1 saturated carbocycles. The van der Waals surface area contributed by atoms with Gasteiger partial charge in [-0.2, -0.15) is 0 Å². The van der Waals surface area contributed by atoms with Gasteiger partial charge in [-0.15, -0.1) is 10.3 Å². The van der Waals surface area contributed by atoms with Crippen molar-refractivity contribution in [3.05, 3.63) is 29.8 Å². The number of nitrogens with zero attached hydrogens (tertiary/aromatic N) is 1. The van der Waals surface area contributed by atoms with Crippen molar-refractivity contribution >= 4 is 11.8 Å². The SMILES string of the molecule is CC(=O)N[C@@H](Cc1ccc(O)cc1)[C@H]1C[C@H]1[C@H](C)C(=O)NC1CC(C)(C)N([O])C(C)(C)C1. The Morgan fingerprint density at radius 2 is 1.66 bits per heavy atom. The Morgan fingerprint density at radius 3 is 2.19 bits per heavy atom. The highest BCUT2D eigenvalue weighted by molar-refractivity contribution is 5.79. The van der Waals surface area contributed by atoms with E-state index in [4.69, 9.17) is 0 Å². The number of nitrogens with one attached hydrogen (secondary N) is 2. The number of phenolic OH excluding ortho intramolecular Hbond substituents is 1. The number of hydrogen-bond acceptors (Lipinski definition) is 4. The Kier molecular flexibility index (Phi) is 6.91. The predicted molar refractivity (Wildman–Crippen MR) is 122 cm³/mol. The summed E-state index contributed by atoms with van der Waals surface area (Å²) in [5.41, 5.74) is -0.00436. The number of hydroxylamine groups is 2. The van der Waals surface area contributed by atoms with E-state index in [1.165, 1.54) is 12.0 Å². The van der Waals surface area contributed by atoms with Crippen LogP contribution in [0.15, 0.2) is 24.3 Å². The van der Waals surface area contributed by atoms with E-state index in [0.29, 0.717) is 19.3 Å². The molecule has 1 saturated heterocycles. The summed E-state index contributed by atoms with van der Waals surface area (Å²) in [6, 6.07) is 6.96. The third-order valence-electron chi connectivity index (χ3n) is 7.18. The highest BCUT2D eigenvalue weighted by atomic mass is 16.5. The van der Waals surface area contributed by atoms with E-state index in [0.717, 1.165) is 12.0 Å². The molecule has 1 aliphatic carbocycles. The predicted octanol–water partition coefficient (Wildman–Crippen LogP) is 3.19. The zero-order chi connectivity index (χ0) is 23.8. The highest BCUT2D eigenvalue weighted by Crippen LogP contribution is 2.47. The lowest BCUT2D eigenvalue weighted by Gasteiger charge is -2.50. The molecule has 1 radical (unpaired) electrons. The van der Waals surface area contributed by atoms with Gasteiger partial charge in [0.2, 0.25) is 11.8 Å². The number of amides is 2. The molecule has 2 amide bonds. The minimum absolute atomic E-state index is 0.0273. The van der Waals surface area contributed by atoms with Gasteiger partial charge in [0, 0.05) is 36.0 Å². The van der Waals surface area contributed by atoms with Gasteiger partial charge in [-0.05, 0) is 82.9 Å². The van der Waals surface area contributed by atoms with E-state index >= 15 is 0 Å². The molecule has 0 aromatic heterocycles. The van der Waals surface area contributed by atoms with Gasteiger partial charge >= 0.3 is 0 Å². The molecule has 2 fully saturated rings. The Hall–Kier alpha value is -2.12. The maximum absolute atomic E-state index is 13.1. The normalized spacial score (nSPS) is 26.7. The fraction of sp³-hybridized carbons (Fsp3) is 0.680. The highest BCUT2D eigenvalue weighted by Gasteiger charge is 2.50. The molecule has 4 atom stereocenters. The second-order valence-corrected chi connectivity index (χ2v) is 11.1. The zero-order valence-corrected chi connectivity index (χ0v) is 20.1. The molecular weight excluding hydrogens is 406 g/mol. The molecule has 177 valence electrons. The Labute approximate surface area is 191 Å². The third kappa shape index (κ3) is 5.62.